The molecule has 3 rings (SSSR count). The maximum Gasteiger partial charge on any atom is 0.336 e. The second-order valence-corrected chi connectivity index (χ2v) is 7.35. The number of para-hydroxylation sites is 1. The van der Waals surface area contributed by atoms with Gasteiger partial charge in [0.1, 0.15) is 5.58 Å². The fourth-order valence-corrected chi connectivity index (χ4v) is 3.50. The van der Waals surface area contributed by atoms with Crippen molar-refractivity contribution in [3.05, 3.63) is 75.6 Å². The topological polar surface area (TPSA) is 62.6 Å². The molecule has 0 unspecified atom stereocenters. The molecule has 0 atom stereocenters. The molecule has 5 heteroatoms. The number of hydrogen-bond donors (Lipinski definition) is 1. The first-order valence-electron chi connectivity index (χ1n) is 10.1. The fraction of sp³-hybridized carbons (Fsp3) is 0.333. The van der Waals surface area contributed by atoms with Crippen LogP contribution < -0.4 is 10.9 Å². The lowest BCUT2D eigenvalue weighted by Gasteiger charge is -2.22. The Labute approximate surface area is 171 Å². The summed E-state index contributed by atoms with van der Waals surface area (Å²) in [7, 11) is 0. The largest absolute Gasteiger partial charge is 0.423 e. The Hall–Kier alpha value is -2.92. The highest BCUT2D eigenvalue weighted by molar-refractivity contribution is 5.93. The highest BCUT2D eigenvalue weighted by Crippen LogP contribution is 2.21. The molecule has 0 aliphatic heterocycles. The average molecular weight is 392 g/mol. The summed E-state index contributed by atoms with van der Waals surface area (Å²) in [5.41, 5.74) is 4.11. The van der Waals surface area contributed by atoms with Crippen molar-refractivity contribution in [1.29, 1.82) is 0 Å². The predicted octanol–water partition coefficient (Wildman–Crippen LogP) is 4.51. The van der Waals surface area contributed by atoms with Crippen molar-refractivity contribution in [1.82, 2.24) is 4.90 Å². The Kier molecular flexibility index (Phi) is 6.83. The van der Waals surface area contributed by atoms with E-state index in [-0.39, 0.29) is 18.1 Å². The minimum absolute atomic E-state index is 0.0618. The molecule has 1 aromatic heterocycles. The lowest BCUT2D eigenvalue weighted by molar-refractivity contribution is -0.117. The molecule has 1 heterocycles. The summed E-state index contributed by atoms with van der Waals surface area (Å²) in [6.07, 6.45) is 1.79. The molecule has 0 aliphatic carbocycles. The van der Waals surface area contributed by atoms with Gasteiger partial charge in [0.2, 0.25) is 5.91 Å². The highest BCUT2D eigenvalue weighted by atomic mass is 16.4. The van der Waals surface area contributed by atoms with Crippen LogP contribution in [0.2, 0.25) is 0 Å². The predicted molar refractivity (Wildman–Crippen MR) is 117 cm³/mol. The summed E-state index contributed by atoms with van der Waals surface area (Å²) < 4.78 is 5.41. The van der Waals surface area contributed by atoms with Gasteiger partial charge in [0.05, 0.1) is 6.54 Å². The normalized spacial score (nSPS) is 11.2. The van der Waals surface area contributed by atoms with Gasteiger partial charge < -0.3 is 9.73 Å². The van der Waals surface area contributed by atoms with Crippen LogP contribution in [-0.4, -0.2) is 23.9 Å². The summed E-state index contributed by atoms with van der Waals surface area (Å²) in [6.45, 7) is 7.66. The Balaban J connectivity index is 1.80. The molecular formula is C24H28N2O3. The average Bonchev–Trinajstić information content (AvgIpc) is 2.69. The van der Waals surface area contributed by atoms with Crippen LogP contribution in [0.1, 0.15) is 37.0 Å². The second kappa shape index (κ2) is 9.52. The number of nitrogens with zero attached hydrogens (tertiary/aromatic N) is 1. The summed E-state index contributed by atoms with van der Waals surface area (Å²) in [5, 5.41) is 3.91. The van der Waals surface area contributed by atoms with Gasteiger partial charge in [0, 0.05) is 23.7 Å². The van der Waals surface area contributed by atoms with Crippen LogP contribution in [0.4, 0.5) is 5.69 Å². The Bertz CT molecular complexity index is 1060. The van der Waals surface area contributed by atoms with E-state index in [1.807, 2.05) is 43.3 Å². The number of aryl methyl sites for hydroxylation is 2. The van der Waals surface area contributed by atoms with E-state index in [4.69, 9.17) is 4.42 Å². The van der Waals surface area contributed by atoms with Crippen LogP contribution in [0.5, 0.6) is 0 Å². The van der Waals surface area contributed by atoms with E-state index in [0.29, 0.717) is 12.1 Å². The molecule has 1 amide bonds. The third-order valence-corrected chi connectivity index (χ3v) is 5.02. The van der Waals surface area contributed by atoms with Crippen LogP contribution in [0.15, 0.2) is 57.7 Å². The first-order valence-corrected chi connectivity index (χ1v) is 10.1. The van der Waals surface area contributed by atoms with Gasteiger partial charge >= 0.3 is 5.63 Å². The molecule has 0 aliphatic rings. The summed E-state index contributed by atoms with van der Waals surface area (Å²) >= 11 is 0. The minimum atomic E-state index is -0.360. The van der Waals surface area contributed by atoms with Crippen molar-refractivity contribution in [2.24, 2.45) is 0 Å². The van der Waals surface area contributed by atoms with Gasteiger partial charge in [-0.1, -0.05) is 44.2 Å². The van der Waals surface area contributed by atoms with Crippen LogP contribution in [-0.2, 0) is 17.8 Å². The number of carbonyl (C=O) groups is 1. The van der Waals surface area contributed by atoms with Crippen molar-refractivity contribution in [2.45, 2.75) is 40.2 Å². The first kappa shape index (κ1) is 20.8. The number of benzene rings is 2. The third kappa shape index (κ3) is 5.33. The zero-order chi connectivity index (χ0) is 20.8. The molecule has 5 nitrogen and oxygen atoms in total. The number of amides is 1. The van der Waals surface area contributed by atoms with E-state index < -0.39 is 0 Å². The van der Waals surface area contributed by atoms with E-state index in [1.165, 1.54) is 6.07 Å². The van der Waals surface area contributed by atoms with Gasteiger partial charge in [-0.25, -0.2) is 4.79 Å². The maximum absolute atomic E-state index is 12.6. The molecule has 1 N–H and O–H groups in total. The van der Waals surface area contributed by atoms with E-state index in [2.05, 4.69) is 30.1 Å². The van der Waals surface area contributed by atoms with Crippen LogP contribution >= 0.6 is 0 Å². The summed E-state index contributed by atoms with van der Waals surface area (Å²) in [6, 6.07) is 15.3. The highest BCUT2D eigenvalue weighted by Gasteiger charge is 2.15. The SMILES string of the molecule is CCCN(CC(=O)Nc1ccccc1C)Cc1cc(=O)oc2cc(CC)ccc12. The number of rotatable bonds is 8. The molecule has 0 spiro atoms. The number of carbonyl (C=O) groups excluding carboxylic acids is 1. The van der Waals surface area contributed by atoms with Crippen molar-refractivity contribution >= 4 is 22.6 Å². The van der Waals surface area contributed by atoms with Gasteiger partial charge in [-0.05, 0) is 55.1 Å². The van der Waals surface area contributed by atoms with E-state index in [9.17, 15) is 9.59 Å². The lowest BCUT2D eigenvalue weighted by Crippen LogP contribution is -2.33. The Morgan fingerprint density at radius 1 is 1.10 bits per heavy atom. The van der Waals surface area contributed by atoms with Gasteiger partial charge in [0.25, 0.3) is 0 Å². The molecule has 29 heavy (non-hydrogen) atoms. The molecule has 0 fully saturated rings. The van der Waals surface area contributed by atoms with E-state index in [1.54, 1.807) is 0 Å². The smallest absolute Gasteiger partial charge is 0.336 e. The number of nitrogens with one attached hydrogen (secondary N) is 1. The summed E-state index contributed by atoms with van der Waals surface area (Å²) in [4.78, 5) is 26.8. The monoisotopic (exact) mass is 392 g/mol. The van der Waals surface area contributed by atoms with Crippen LogP contribution in [0.25, 0.3) is 11.0 Å². The fourth-order valence-electron chi connectivity index (χ4n) is 3.50. The minimum Gasteiger partial charge on any atom is -0.423 e. The lowest BCUT2D eigenvalue weighted by atomic mass is 10.1. The van der Waals surface area contributed by atoms with Crippen molar-refractivity contribution < 1.29 is 9.21 Å². The zero-order valence-electron chi connectivity index (χ0n) is 17.3. The van der Waals surface area contributed by atoms with Gasteiger partial charge in [0.15, 0.2) is 0 Å². The van der Waals surface area contributed by atoms with Crippen molar-refractivity contribution in [3.63, 3.8) is 0 Å². The Morgan fingerprint density at radius 3 is 2.62 bits per heavy atom. The molecular weight excluding hydrogens is 364 g/mol. The second-order valence-electron chi connectivity index (χ2n) is 7.35. The molecule has 0 bridgehead atoms. The number of anilines is 1. The van der Waals surface area contributed by atoms with Gasteiger partial charge in [-0.2, -0.15) is 0 Å². The first-order chi connectivity index (χ1) is 14.0. The summed E-state index contributed by atoms with van der Waals surface area (Å²) in [5.74, 6) is -0.0618. The number of hydrogen-bond acceptors (Lipinski definition) is 4. The van der Waals surface area contributed by atoms with E-state index in [0.717, 1.165) is 47.2 Å². The quantitative estimate of drug-likeness (QED) is 0.573. The van der Waals surface area contributed by atoms with Crippen molar-refractivity contribution in [2.75, 3.05) is 18.4 Å². The third-order valence-electron chi connectivity index (χ3n) is 5.02. The Morgan fingerprint density at radius 2 is 1.90 bits per heavy atom. The van der Waals surface area contributed by atoms with Crippen LogP contribution in [0.3, 0.4) is 0 Å². The molecule has 0 saturated heterocycles. The molecule has 0 radical (unpaired) electrons. The molecule has 2 aromatic carbocycles. The van der Waals surface area contributed by atoms with Crippen molar-refractivity contribution in [3.8, 4) is 0 Å². The zero-order valence-corrected chi connectivity index (χ0v) is 17.3. The standard InChI is InChI=1S/C24H28N2O3/c1-4-12-26(16-23(27)25-21-9-7-6-8-17(21)3)15-19-14-24(28)29-22-13-18(5-2)10-11-20(19)22/h6-11,13-14H,4-5,12,15-16H2,1-3H3,(H,25,27). The maximum atomic E-state index is 12.6. The van der Waals surface area contributed by atoms with Crippen LogP contribution in [0, 0.1) is 6.92 Å². The van der Waals surface area contributed by atoms with Gasteiger partial charge in [-0.15, -0.1) is 0 Å². The van der Waals surface area contributed by atoms with Gasteiger partial charge in [-0.3, -0.25) is 9.69 Å². The molecule has 0 saturated carbocycles. The van der Waals surface area contributed by atoms with E-state index >= 15 is 0 Å². The number of fused-ring (bicyclic) bond motifs is 1. The molecule has 3 aromatic rings. The molecule has 152 valence electrons.